The maximum Gasteiger partial charge on any atom is 0.314 e. The zero-order valence-corrected chi connectivity index (χ0v) is 16.2. The first kappa shape index (κ1) is 18.4. The van der Waals surface area contributed by atoms with Crippen LogP contribution in [0.3, 0.4) is 0 Å². The first-order valence-electron chi connectivity index (χ1n) is 9.15. The maximum absolute atomic E-state index is 12.6. The molecule has 0 amide bonds. The fourth-order valence-corrected chi connectivity index (χ4v) is 3.64. The second-order valence-corrected chi connectivity index (χ2v) is 7.28. The molecule has 2 aromatic rings. The van der Waals surface area contributed by atoms with Crippen LogP contribution < -0.4 is 4.90 Å². The van der Waals surface area contributed by atoms with Crippen LogP contribution in [0.2, 0.25) is 0 Å². The molecule has 3 rings (SSSR count). The first-order chi connectivity index (χ1) is 12.4. The fraction of sp³-hybridized carbons (Fsp3) is 0.579. The number of carbonyl (C=O) groups excluding carboxylic acids is 1. The van der Waals surface area contributed by atoms with Crippen molar-refractivity contribution in [1.29, 1.82) is 0 Å². The van der Waals surface area contributed by atoms with Crippen molar-refractivity contribution in [3.63, 3.8) is 0 Å². The molecule has 0 aliphatic carbocycles. The van der Waals surface area contributed by atoms with Gasteiger partial charge < -0.3 is 9.64 Å². The molecule has 1 aliphatic heterocycles. The maximum atomic E-state index is 12.6. The van der Waals surface area contributed by atoms with Crippen LogP contribution in [0.1, 0.15) is 38.6 Å². The minimum absolute atomic E-state index is 0.111. The van der Waals surface area contributed by atoms with Gasteiger partial charge in [-0.25, -0.2) is 9.67 Å². The number of rotatable bonds is 5. The van der Waals surface area contributed by atoms with Crippen molar-refractivity contribution in [2.45, 2.75) is 41.0 Å². The SMILES string of the molecule is CCOC(=O)C1(C(C)C)CCN(c2cncc(-n3nc(C)cc3C)n2)C1. The number of aromatic nitrogens is 4. The minimum atomic E-state index is -0.494. The average molecular weight is 357 g/mol. The predicted octanol–water partition coefficient (Wildman–Crippen LogP) is 2.69. The van der Waals surface area contributed by atoms with Gasteiger partial charge in [0, 0.05) is 18.8 Å². The molecular formula is C19H27N5O2. The molecule has 1 aliphatic rings. The summed E-state index contributed by atoms with van der Waals surface area (Å²) in [5.41, 5.74) is 1.46. The van der Waals surface area contributed by atoms with Gasteiger partial charge in [-0.3, -0.25) is 9.78 Å². The lowest BCUT2D eigenvalue weighted by Crippen LogP contribution is -2.40. The van der Waals surface area contributed by atoms with Gasteiger partial charge in [-0.2, -0.15) is 5.10 Å². The van der Waals surface area contributed by atoms with Crippen molar-refractivity contribution in [1.82, 2.24) is 19.7 Å². The van der Waals surface area contributed by atoms with Gasteiger partial charge >= 0.3 is 5.97 Å². The third-order valence-corrected chi connectivity index (χ3v) is 5.25. The van der Waals surface area contributed by atoms with Crippen molar-refractivity contribution in [2.24, 2.45) is 11.3 Å². The molecule has 2 aromatic heterocycles. The summed E-state index contributed by atoms with van der Waals surface area (Å²) < 4.78 is 7.17. The summed E-state index contributed by atoms with van der Waals surface area (Å²) in [4.78, 5) is 23.8. The van der Waals surface area contributed by atoms with Gasteiger partial charge in [0.25, 0.3) is 0 Å². The second-order valence-electron chi connectivity index (χ2n) is 7.28. The zero-order valence-electron chi connectivity index (χ0n) is 16.2. The topological polar surface area (TPSA) is 73.1 Å². The standard InChI is InChI=1S/C19H27N5O2/c1-6-26-18(25)19(13(2)3)7-8-23(12-19)16-10-20-11-17(21-16)24-15(5)9-14(4)22-24/h9-11,13H,6-8,12H2,1-5H3. The van der Waals surface area contributed by atoms with E-state index in [-0.39, 0.29) is 11.9 Å². The van der Waals surface area contributed by atoms with Crippen molar-refractivity contribution in [3.8, 4) is 5.82 Å². The van der Waals surface area contributed by atoms with E-state index in [0.29, 0.717) is 19.0 Å². The highest BCUT2D eigenvalue weighted by Crippen LogP contribution is 2.40. The van der Waals surface area contributed by atoms with E-state index in [1.165, 1.54) is 0 Å². The van der Waals surface area contributed by atoms with E-state index in [1.807, 2.05) is 26.8 Å². The predicted molar refractivity (Wildman–Crippen MR) is 99.4 cm³/mol. The molecule has 1 atom stereocenters. The van der Waals surface area contributed by atoms with Crippen molar-refractivity contribution in [2.75, 3.05) is 24.6 Å². The van der Waals surface area contributed by atoms with E-state index < -0.39 is 5.41 Å². The lowest BCUT2D eigenvalue weighted by atomic mass is 9.76. The van der Waals surface area contributed by atoms with Crippen LogP contribution in [-0.2, 0) is 9.53 Å². The van der Waals surface area contributed by atoms with Crippen LogP contribution in [0.4, 0.5) is 5.82 Å². The van der Waals surface area contributed by atoms with Crippen LogP contribution in [0.15, 0.2) is 18.5 Å². The van der Waals surface area contributed by atoms with Crippen molar-refractivity contribution < 1.29 is 9.53 Å². The summed E-state index contributed by atoms with van der Waals surface area (Å²) >= 11 is 0. The zero-order chi connectivity index (χ0) is 18.9. The van der Waals surface area contributed by atoms with Crippen LogP contribution in [0, 0.1) is 25.2 Å². The fourth-order valence-electron chi connectivity index (χ4n) is 3.64. The van der Waals surface area contributed by atoms with Gasteiger partial charge in [-0.1, -0.05) is 13.8 Å². The smallest absolute Gasteiger partial charge is 0.314 e. The third kappa shape index (κ3) is 3.18. The Balaban J connectivity index is 1.88. The van der Waals surface area contributed by atoms with Crippen molar-refractivity contribution >= 4 is 11.8 Å². The van der Waals surface area contributed by atoms with E-state index in [1.54, 1.807) is 17.1 Å². The van der Waals surface area contributed by atoms with E-state index in [2.05, 4.69) is 28.8 Å². The molecule has 0 saturated carbocycles. The molecule has 1 saturated heterocycles. The van der Waals surface area contributed by atoms with E-state index in [9.17, 15) is 4.79 Å². The quantitative estimate of drug-likeness (QED) is 0.766. The normalized spacial score (nSPS) is 20.0. The molecule has 3 heterocycles. The molecule has 0 spiro atoms. The van der Waals surface area contributed by atoms with Crippen LogP contribution in [-0.4, -0.2) is 45.4 Å². The average Bonchev–Trinajstić information content (AvgIpc) is 3.20. The molecule has 0 N–H and O–H groups in total. The number of ether oxygens (including phenoxy) is 1. The molecular weight excluding hydrogens is 330 g/mol. The van der Waals surface area contributed by atoms with Crippen LogP contribution >= 0.6 is 0 Å². The van der Waals surface area contributed by atoms with E-state index >= 15 is 0 Å². The van der Waals surface area contributed by atoms with Gasteiger partial charge in [-0.15, -0.1) is 0 Å². The molecule has 26 heavy (non-hydrogen) atoms. The van der Waals surface area contributed by atoms with Crippen LogP contribution in [0.25, 0.3) is 5.82 Å². The van der Waals surface area contributed by atoms with Gasteiger partial charge in [0.05, 0.1) is 30.1 Å². The number of hydrogen-bond donors (Lipinski definition) is 0. The monoisotopic (exact) mass is 357 g/mol. The summed E-state index contributed by atoms with van der Waals surface area (Å²) in [6.07, 6.45) is 4.21. The van der Waals surface area contributed by atoms with Gasteiger partial charge in [-0.05, 0) is 39.2 Å². The summed E-state index contributed by atoms with van der Waals surface area (Å²) in [6.45, 7) is 11.7. The highest BCUT2D eigenvalue weighted by atomic mass is 16.5. The van der Waals surface area contributed by atoms with Gasteiger partial charge in [0.2, 0.25) is 0 Å². The number of nitrogens with zero attached hydrogens (tertiary/aromatic N) is 5. The molecule has 1 unspecified atom stereocenters. The summed E-state index contributed by atoms with van der Waals surface area (Å²) in [7, 11) is 0. The Morgan fingerprint density at radius 1 is 1.31 bits per heavy atom. The number of aryl methyl sites for hydroxylation is 2. The Labute approximate surface area is 154 Å². The molecule has 7 nitrogen and oxygen atoms in total. The Kier molecular flexibility index (Phi) is 4.98. The highest BCUT2D eigenvalue weighted by molar-refractivity contribution is 5.79. The minimum Gasteiger partial charge on any atom is -0.466 e. The van der Waals surface area contributed by atoms with E-state index in [4.69, 9.17) is 9.72 Å². The molecule has 0 aromatic carbocycles. The first-order valence-corrected chi connectivity index (χ1v) is 9.15. The largest absolute Gasteiger partial charge is 0.466 e. The number of carbonyl (C=O) groups is 1. The summed E-state index contributed by atoms with van der Waals surface area (Å²) in [5.74, 6) is 1.53. The molecule has 1 fully saturated rings. The summed E-state index contributed by atoms with van der Waals surface area (Å²) in [6, 6.07) is 2.01. The molecule has 0 radical (unpaired) electrons. The molecule has 7 heteroatoms. The Morgan fingerprint density at radius 3 is 2.65 bits per heavy atom. The Morgan fingerprint density at radius 2 is 2.04 bits per heavy atom. The summed E-state index contributed by atoms with van der Waals surface area (Å²) in [5, 5.41) is 4.48. The van der Waals surface area contributed by atoms with Gasteiger partial charge in [0.1, 0.15) is 5.82 Å². The van der Waals surface area contributed by atoms with Gasteiger partial charge in [0.15, 0.2) is 5.82 Å². The number of hydrogen-bond acceptors (Lipinski definition) is 6. The Hall–Kier alpha value is -2.44. The van der Waals surface area contributed by atoms with Crippen LogP contribution in [0.5, 0.6) is 0 Å². The Bertz CT molecular complexity index is 801. The van der Waals surface area contributed by atoms with Crippen molar-refractivity contribution in [3.05, 3.63) is 29.8 Å². The third-order valence-electron chi connectivity index (χ3n) is 5.25. The van der Waals surface area contributed by atoms with E-state index in [0.717, 1.165) is 30.2 Å². The highest BCUT2D eigenvalue weighted by Gasteiger charge is 2.48. The lowest BCUT2D eigenvalue weighted by Gasteiger charge is -2.31. The number of esters is 1. The molecule has 0 bridgehead atoms. The second kappa shape index (κ2) is 7.05. The number of anilines is 1. The lowest BCUT2D eigenvalue weighted by molar-refractivity contribution is -0.156. The molecule has 140 valence electrons.